The van der Waals surface area contributed by atoms with E-state index in [9.17, 15) is 9.18 Å². The van der Waals surface area contributed by atoms with Gasteiger partial charge in [0, 0.05) is 31.6 Å². The van der Waals surface area contributed by atoms with Gasteiger partial charge in [0.2, 0.25) is 5.91 Å². The van der Waals surface area contributed by atoms with Crippen molar-refractivity contribution in [2.45, 2.75) is 0 Å². The average Bonchev–Trinajstić information content (AvgIpc) is 2.72. The number of carbonyl (C=O) groups is 1. The van der Waals surface area contributed by atoms with Crippen LogP contribution in [0.3, 0.4) is 0 Å². The molecule has 7 nitrogen and oxygen atoms in total. The van der Waals surface area contributed by atoms with Crippen molar-refractivity contribution in [1.82, 2.24) is 19.9 Å². The topological polar surface area (TPSA) is 74.2 Å². The molecule has 2 saturated heterocycles. The van der Waals surface area contributed by atoms with E-state index in [1.54, 1.807) is 4.90 Å². The molecule has 10 heteroatoms. The van der Waals surface area contributed by atoms with Gasteiger partial charge in [-0.05, 0) is 30.3 Å². The molecule has 0 atom stereocenters. The molecule has 3 aromatic rings. The summed E-state index contributed by atoms with van der Waals surface area (Å²) in [6.45, 7) is 6.61. The second kappa shape index (κ2) is 7.32. The molecule has 5 rings (SSSR count). The third-order valence-electron chi connectivity index (χ3n) is 5.67. The fourth-order valence-corrected chi connectivity index (χ4v) is 4.43. The van der Waals surface area contributed by atoms with Crippen LogP contribution in [0.25, 0.3) is 11.0 Å². The van der Waals surface area contributed by atoms with Gasteiger partial charge < -0.3 is 15.1 Å². The van der Waals surface area contributed by atoms with Crippen molar-refractivity contribution in [2.24, 2.45) is 5.41 Å². The van der Waals surface area contributed by atoms with E-state index >= 15 is 0 Å². The Morgan fingerprint density at radius 2 is 1.94 bits per heavy atom. The van der Waals surface area contributed by atoms with E-state index in [0.29, 0.717) is 16.9 Å². The predicted molar refractivity (Wildman–Crippen MR) is 118 cm³/mol. The predicted octanol–water partition coefficient (Wildman–Crippen LogP) is 4.05. The number of pyridine rings is 1. The second-order valence-corrected chi connectivity index (χ2v) is 8.65. The minimum Gasteiger partial charge on any atom is -0.355 e. The van der Waals surface area contributed by atoms with Crippen molar-refractivity contribution in [3.63, 3.8) is 0 Å². The number of nitrogens with one attached hydrogen (secondary N) is 1. The van der Waals surface area contributed by atoms with E-state index in [1.165, 1.54) is 24.5 Å². The monoisotopic (exact) mass is 458 g/mol. The number of anilines is 3. The zero-order valence-electron chi connectivity index (χ0n) is 16.3. The van der Waals surface area contributed by atoms with Crippen molar-refractivity contribution < 1.29 is 9.18 Å². The lowest BCUT2D eigenvalue weighted by Gasteiger charge is -2.60. The lowest BCUT2D eigenvalue weighted by atomic mass is 9.73. The Balaban J connectivity index is 1.38. The Bertz CT molecular complexity index is 1220. The quantitative estimate of drug-likeness (QED) is 0.469. The number of likely N-dealkylation sites (tertiary alicyclic amines) is 1. The molecule has 0 saturated carbocycles. The number of benzene rings is 1. The summed E-state index contributed by atoms with van der Waals surface area (Å²) >= 11 is 11.8. The largest absolute Gasteiger partial charge is 0.355 e. The summed E-state index contributed by atoms with van der Waals surface area (Å²) in [6, 6.07) is 6.76. The smallest absolute Gasteiger partial charge is 0.245 e. The number of hydrogen-bond acceptors (Lipinski definition) is 6. The van der Waals surface area contributed by atoms with Gasteiger partial charge in [0.05, 0.1) is 21.2 Å². The minimum atomic E-state index is -0.662. The van der Waals surface area contributed by atoms with Gasteiger partial charge in [-0.15, -0.1) is 0 Å². The van der Waals surface area contributed by atoms with Gasteiger partial charge in [-0.2, -0.15) is 0 Å². The number of amides is 1. The van der Waals surface area contributed by atoms with Crippen molar-refractivity contribution in [1.29, 1.82) is 0 Å². The van der Waals surface area contributed by atoms with Gasteiger partial charge >= 0.3 is 0 Å². The van der Waals surface area contributed by atoms with Gasteiger partial charge in [-0.3, -0.25) is 4.79 Å². The molecule has 158 valence electrons. The van der Waals surface area contributed by atoms with E-state index in [2.05, 4.69) is 26.8 Å². The first-order valence-electron chi connectivity index (χ1n) is 9.58. The van der Waals surface area contributed by atoms with Crippen LogP contribution in [0.15, 0.2) is 43.2 Å². The summed E-state index contributed by atoms with van der Waals surface area (Å²) in [5.41, 5.74) is 1.41. The fourth-order valence-electron chi connectivity index (χ4n) is 4.12. The Labute approximate surface area is 187 Å². The standard InChI is InChI=1S/C21H17Cl2FN6O/c1-2-16(31)30-9-21(10-30)7-29(8-21)15-6-5-14-19(28-15)20(26-11-25-14)27-13-4-3-12(22)17(23)18(13)24/h2-6,11H,1,7-10H2,(H,25,26,27). The van der Waals surface area contributed by atoms with Gasteiger partial charge in [0.25, 0.3) is 0 Å². The number of halogens is 3. The highest BCUT2D eigenvalue weighted by Gasteiger charge is 2.53. The van der Waals surface area contributed by atoms with Crippen LogP contribution in [0.4, 0.5) is 21.7 Å². The SMILES string of the molecule is C=CC(=O)N1CC2(C1)CN(c1ccc3ncnc(Nc4ccc(Cl)c(Cl)c4F)c3n1)C2. The first-order chi connectivity index (χ1) is 14.9. The molecule has 4 heterocycles. The van der Waals surface area contributed by atoms with Gasteiger partial charge in [0.1, 0.15) is 17.7 Å². The number of rotatable bonds is 4. The molecule has 1 aromatic carbocycles. The molecule has 0 unspecified atom stereocenters. The molecule has 2 aliphatic rings. The van der Waals surface area contributed by atoms with E-state index in [1.807, 2.05) is 12.1 Å². The van der Waals surface area contributed by atoms with Crippen LogP contribution in [-0.4, -0.2) is 51.9 Å². The highest BCUT2D eigenvalue weighted by molar-refractivity contribution is 6.42. The second-order valence-electron chi connectivity index (χ2n) is 7.86. The van der Waals surface area contributed by atoms with Crippen LogP contribution < -0.4 is 10.2 Å². The van der Waals surface area contributed by atoms with Crippen molar-refractivity contribution in [3.8, 4) is 0 Å². The van der Waals surface area contributed by atoms with E-state index in [4.69, 9.17) is 28.2 Å². The molecule has 1 N–H and O–H groups in total. The highest BCUT2D eigenvalue weighted by Crippen LogP contribution is 2.42. The van der Waals surface area contributed by atoms with Crippen molar-refractivity contribution >= 4 is 57.5 Å². The van der Waals surface area contributed by atoms with Crippen LogP contribution >= 0.6 is 23.2 Å². The molecule has 0 aliphatic carbocycles. The van der Waals surface area contributed by atoms with Crippen LogP contribution in [0.1, 0.15) is 0 Å². The third-order valence-corrected chi connectivity index (χ3v) is 6.45. The molecule has 0 radical (unpaired) electrons. The van der Waals surface area contributed by atoms with E-state index < -0.39 is 5.82 Å². The molecule has 1 spiro atoms. The maximum atomic E-state index is 14.5. The maximum absolute atomic E-state index is 14.5. The van der Waals surface area contributed by atoms with Crippen molar-refractivity contribution in [3.05, 3.63) is 59.1 Å². The van der Waals surface area contributed by atoms with E-state index in [0.717, 1.165) is 32.0 Å². The first-order valence-corrected chi connectivity index (χ1v) is 10.3. The summed E-state index contributed by atoms with van der Waals surface area (Å²) in [5.74, 6) is 0.450. The molecule has 2 aliphatic heterocycles. The highest BCUT2D eigenvalue weighted by atomic mass is 35.5. The van der Waals surface area contributed by atoms with Gasteiger partial charge in [0.15, 0.2) is 11.6 Å². The summed E-state index contributed by atoms with van der Waals surface area (Å²) in [6.07, 6.45) is 2.74. The third kappa shape index (κ3) is 3.36. The lowest BCUT2D eigenvalue weighted by molar-refractivity contribution is -0.139. The summed E-state index contributed by atoms with van der Waals surface area (Å²) in [5, 5.41) is 2.92. The Morgan fingerprint density at radius 3 is 2.68 bits per heavy atom. The first kappa shape index (κ1) is 20.0. The van der Waals surface area contributed by atoms with Crippen LogP contribution in [0.5, 0.6) is 0 Å². The Morgan fingerprint density at radius 1 is 1.16 bits per heavy atom. The molecule has 31 heavy (non-hydrogen) atoms. The fraction of sp³-hybridized carbons (Fsp3) is 0.238. The molecule has 1 amide bonds. The zero-order valence-corrected chi connectivity index (χ0v) is 17.8. The zero-order chi connectivity index (χ0) is 21.8. The van der Waals surface area contributed by atoms with Crippen LogP contribution in [-0.2, 0) is 4.79 Å². The maximum Gasteiger partial charge on any atom is 0.245 e. The Hall–Kier alpha value is -2.97. The molecular formula is C21H17Cl2FN6O. The molecule has 0 bridgehead atoms. The number of fused-ring (bicyclic) bond motifs is 1. The number of carbonyl (C=O) groups excluding carboxylic acids is 1. The Kier molecular flexibility index (Phi) is 4.71. The van der Waals surface area contributed by atoms with E-state index in [-0.39, 0.29) is 27.1 Å². The average molecular weight is 459 g/mol. The minimum absolute atomic E-state index is 0.0321. The molecule has 2 aromatic heterocycles. The summed E-state index contributed by atoms with van der Waals surface area (Å²) in [4.78, 5) is 28.8. The molecular weight excluding hydrogens is 442 g/mol. The van der Waals surface area contributed by atoms with Crippen LogP contribution in [0.2, 0.25) is 10.0 Å². The molecule has 2 fully saturated rings. The lowest BCUT2D eigenvalue weighted by Crippen LogP contribution is -2.73. The number of hydrogen-bond donors (Lipinski definition) is 1. The van der Waals surface area contributed by atoms with Gasteiger partial charge in [-0.1, -0.05) is 29.8 Å². The summed E-state index contributed by atoms with van der Waals surface area (Å²) in [7, 11) is 0. The van der Waals surface area contributed by atoms with Crippen molar-refractivity contribution in [2.75, 3.05) is 36.4 Å². The normalized spacial score (nSPS) is 16.7. The number of aromatic nitrogens is 3. The van der Waals surface area contributed by atoms with Crippen LogP contribution in [0, 0.1) is 11.2 Å². The number of nitrogens with zero attached hydrogens (tertiary/aromatic N) is 5. The summed E-state index contributed by atoms with van der Waals surface area (Å²) < 4.78 is 14.5. The van der Waals surface area contributed by atoms with Gasteiger partial charge in [-0.25, -0.2) is 19.3 Å².